The number of nitrogens with one attached hydrogen (secondary N) is 1. The number of phenolic OH excluding ortho intramolecular Hbond substituents is 1. The number of rotatable bonds is 6. The van der Waals surface area contributed by atoms with E-state index in [0.717, 1.165) is 15.7 Å². The molecule has 148 valence electrons. The fraction of sp³-hybridized carbons (Fsp3) is 0.136. The minimum absolute atomic E-state index is 0.0239. The van der Waals surface area contributed by atoms with Crippen LogP contribution in [0.15, 0.2) is 75.4 Å². The number of hydrogen-bond acceptors (Lipinski definition) is 5. The second kappa shape index (κ2) is 9.84. The lowest BCUT2D eigenvalue weighted by Gasteiger charge is -2.09. The van der Waals surface area contributed by atoms with E-state index >= 15 is 0 Å². The van der Waals surface area contributed by atoms with Crippen molar-refractivity contribution in [2.45, 2.75) is 13.8 Å². The fourth-order valence-electron chi connectivity index (χ4n) is 2.57. The molecule has 7 heteroatoms. The molecule has 6 nitrogen and oxygen atoms in total. The number of para-hydroxylation sites is 1. The molecule has 0 unspecified atom stereocenters. The number of pyridine rings is 1. The topological polar surface area (TPSA) is 79.1 Å². The molecule has 1 heterocycles. The summed E-state index contributed by atoms with van der Waals surface area (Å²) in [6, 6.07) is 16.9. The molecule has 3 aromatic rings. The first-order valence-electron chi connectivity index (χ1n) is 9.08. The molecule has 2 aromatic carbocycles. The zero-order valence-corrected chi connectivity index (χ0v) is 17.7. The molecule has 2 N–H and O–H groups in total. The van der Waals surface area contributed by atoms with Gasteiger partial charge in [-0.2, -0.15) is 5.10 Å². The van der Waals surface area contributed by atoms with Gasteiger partial charge in [0.05, 0.1) is 18.5 Å². The molecule has 0 saturated heterocycles. The van der Waals surface area contributed by atoms with Crippen LogP contribution >= 0.6 is 15.9 Å². The van der Waals surface area contributed by atoms with Gasteiger partial charge in [-0.15, -0.1) is 0 Å². The van der Waals surface area contributed by atoms with Crippen LogP contribution in [-0.4, -0.2) is 28.7 Å². The molecule has 29 heavy (non-hydrogen) atoms. The molecule has 1 aromatic heterocycles. The van der Waals surface area contributed by atoms with Crippen LogP contribution in [0.4, 0.5) is 5.69 Å². The van der Waals surface area contributed by atoms with Crippen molar-refractivity contribution in [1.29, 1.82) is 0 Å². The van der Waals surface area contributed by atoms with Crippen molar-refractivity contribution in [3.63, 3.8) is 0 Å². The minimum atomic E-state index is 0.0239. The van der Waals surface area contributed by atoms with E-state index < -0.39 is 0 Å². The largest absolute Gasteiger partial charge is 0.504 e. The van der Waals surface area contributed by atoms with E-state index in [0.29, 0.717) is 29.4 Å². The van der Waals surface area contributed by atoms with Gasteiger partial charge in [0.15, 0.2) is 17.3 Å². The maximum Gasteiger partial charge on any atom is 0.172 e. The lowest BCUT2D eigenvalue weighted by Crippen LogP contribution is -2.20. The summed E-state index contributed by atoms with van der Waals surface area (Å²) in [4.78, 5) is 9.04. The van der Waals surface area contributed by atoms with Crippen LogP contribution in [0.5, 0.6) is 11.5 Å². The van der Waals surface area contributed by atoms with Crippen molar-refractivity contribution in [3.8, 4) is 11.5 Å². The van der Waals surface area contributed by atoms with E-state index in [9.17, 15) is 5.11 Å². The van der Waals surface area contributed by atoms with Crippen molar-refractivity contribution in [3.05, 3.63) is 82.1 Å². The third-order valence-corrected chi connectivity index (χ3v) is 4.46. The summed E-state index contributed by atoms with van der Waals surface area (Å²) in [6.07, 6.45) is 3.21. The number of benzene rings is 2. The van der Waals surface area contributed by atoms with Crippen LogP contribution in [0.25, 0.3) is 0 Å². The minimum Gasteiger partial charge on any atom is -0.504 e. The first kappa shape index (κ1) is 20.5. The second-order valence-corrected chi connectivity index (χ2v) is 7.02. The number of halogens is 1. The number of ether oxygens (including phenoxy) is 1. The van der Waals surface area contributed by atoms with Gasteiger partial charge in [0, 0.05) is 16.2 Å². The monoisotopic (exact) mass is 452 g/mol. The van der Waals surface area contributed by atoms with Crippen molar-refractivity contribution in [2.75, 3.05) is 6.61 Å². The summed E-state index contributed by atoms with van der Waals surface area (Å²) in [5.74, 6) is 0.911. The molecule has 0 bridgehead atoms. The van der Waals surface area contributed by atoms with Gasteiger partial charge < -0.3 is 9.84 Å². The number of aliphatic imine (C=N–C) groups is 1. The Bertz CT molecular complexity index is 1040. The Balaban J connectivity index is 1.91. The van der Waals surface area contributed by atoms with Gasteiger partial charge in [-0.3, -0.25) is 10.4 Å². The molecule has 0 aliphatic heterocycles. The van der Waals surface area contributed by atoms with Gasteiger partial charge in [0.1, 0.15) is 5.69 Å². The van der Waals surface area contributed by atoms with Crippen LogP contribution < -0.4 is 10.2 Å². The van der Waals surface area contributed by atoms with Crippen molar-refractivity contribution < 1.29 is 9.84 Å². The van der Waals surface area contributed by atoms with E-state index in [2.05, 4.69) is 36.4 Å². The average Bonchev–Trinajstić information content (AvgIpc) is 2.72. The number of nitrogens with zero attached hydrogens (tertiary/aromatic N) is 3. The molecular weight excluding hydrogens is 432 g/mol. The maximum atomic E-state index is 10.4. The lowest BCUT2D eigenvalue weighted by molar-refractivity contribution is 0.317. The highest BCUT2D eigenvalue weighted by molar-refractivity contribution is 9.10. The smallest absolute Gasteiger partial charge is 0.172 e. The number of phenols is 1. The van der Waals surface area contributed by atoms with Gasteiger partial charge in [0.25, 0.3) is 0 Å². The van der Waals surface area contributed by atoms with Gasteiger partial charge in [-0.1, -0.05) is 40.2 Å². The lowest BCUT2D eigenvalue weighted by atomic mass is 10.2. The first-order valence-corrected chi connectivity index (χ1v) is 9.88. The van der Waals surface area contributed by atoms with Crippen LogP contribution in [0.2, 0.25) is 0 Å². The van der Waals surface area contributed by atoms with Crippen LogP contribution in [-0.2, 0) is 0 Å². The van der Waals surface area contributed by atoms with Crippen LogP contribution in [0.3, 0.4) is 0 Å². The molecule has 3 rings (SSSR count). The SMILES string of the molecule is CCOc1cc(Br)cc(/C=N\NC(=Nc2ccccc2C)c2ccccn2)c1O. The predicted molar refractivity (Wildman–Crippen MR) is 119 cm³/mol. The van der Waals surface area contributed by atoms with Gasteiger partial charge in [-0.25, -0.2) is 4.99 Å². The van der Waals surface area contributed by atoms with Crippen LogP contribution in [0.1, 0.15) is 23.7 Å². The molecule has 0 radical (unpaired) electrons. The number of hydrogen-bond donors (Lipinski definition) is 2. The molecule has 0 saturated carbocycles. The zero-order valence-electron chi connectivity index (χ0n) is 16.1. The number of aryl methyl sites for hydroxylation is 1. The Morgan fingerprint density at radius 3 is 2.72 bits per heavy atom. The Hall–Kier alpha value is -3.19. The summed E-state index contributed by atoms with van der Waals surface area (Å²) in [7, 11) is 0. The van der Waals surface area contributed by atoms with Gasteiger partial charge in [-0.05, 0) is 49.7 Å². The summed E-state index contributed by atoms with van der Waals surface area (Å²) >= 11 is 3.42. The third-order valence-electron chi connectivity index (χ3n) is 4.00. The van der Waals surface area contributed by atoms with E-state index in [-0.39, 0.29) is 5.75 Å². The molecule has 0 aliphatic carbocycles. The number of amidine groups is 1. The maximum absolute atomic E-state index is 10.4. The van der Waals surface area contributed by atoms with Gasteiger partial charge in [0.2, 0.25) is 0 Å². The molecule has 0 spiro atoms. The summed E-state index contributed by atoms with van der Waals surface area (Å²) in [5, 5.41) is 14.7. The number of aromatic nitrogens is 1. The Kier molecular flexibility index (Phi) is 6.97. The molecule has 0 atom stereocenters. The normalized spacial score (nSPS) is 11.6. The Morgan fingerprint density at radius 1 is 1.21 bits per heavy atom. The first-order chi connectivity index (χ1) is 14.1. The number of hydrazone groups is 1. The fourth-order valence-corrected chi connectivity index (χ4v) is 3.03. The van der Waals surface area contributed by atoms with Crippen LogP contribution in [0, 0.1) is 6.92 Å². The predicted octanol–water partition coefficient (Wildman–Crippen LogP) is 4.96. The highest BCUT2D eigenvalue weighted by atomic mass is 79.9. The van der Waals surface area contributed by atoms with Crippen molar-refractivity contribution in [1.82, 2.24) is 10.4 Å². The number of aromatic hydroxyl groups is 1. The quantitative estimate of drug-likeness (QED) is 0.314. The highest BCUT2D eigenvalue weighted by Crippen LogP contribution is 2.32. The second-order valence-electron chi connectivity index (χ2n) is 6.11. The Labute approximate surface area is 178 Å². The van der Waals surface area contributed by atoms with E-state index in [1.54, 1.807) is 18.3 Å². The molecular formula is C22H21BrN4O2. The third kappa shape index (κ3) is 5.42. The van der Waals surface area contributed by atoms with E-state index in [1.165, 1.54) is 6.21 Å². The Morgan fingerprint density at radius 2 is 2.00 bits per heavy atom. The highest BCUT2D eigenvalue weighted by Gasteiger charge is 2.10. The average molecular weight is 453 g/mol. The van der Waals surface area contributed by atoms with E-state index in [4.69, 9.17) is 4.74 Å². The van der Waals surface area contributed by atoms with Crippen molar-refractivity contribution in [2.24, 2.45) is 10.1 Å². The van der Waals surface area contributed by atoms with E-state index in [1.807, 2.05) is 56.3 Å². The molecule has 0 fully saturated rings. The van der Waals surface area contributed by atoms with Gasteiger partial charge >= 0.3 is 0 Å². The summed E-state index contributed by atoms with van der Waals surface area (Å²) in [5.41, 5.74) is 5.97. The zero-order chi connectivity index (χ0) is 20.6. The molecule has 0 aliphatic rings. The standard InChI is InChI=1S/C22H21BrN4O2/c1-3-29-20-13-17(23)12-16(21(20)28)14-25-27-22(19-10-6-7-11-24-19)26-18-9-5-4-8-15(18)2/h4-14,28H,3H2,1-2H3,(H,26,27)/b25-14-. The molecule has 0 amide bonds. The van der Waals surface area contributed by atoms with Crippen molar-refractivity contribution >= 4 is 33.7 Å². The summed E-state index contributed by atoms with van der Waals surface area (Å²) in [6.45, 7) is 4.30. The summed E-state index contributed by atoms with van der Waals surface area (Å²) < 4.78 is 6.23.